The van der Waals surface area contributed by atoms with Gasteiger partial charge in [-0.15, -0.1) is 11.6 Å². The molecule has 0 spiro atoms. The normalized spacial score (nSPS) is 10.7. The van der Waals surface area contributed by atoms with Crippen molar-refractivity contribution in [1.82, 2.24) is 14.8 Å². The number of ether oxygens (including phenoxy) is 1. The van der Waals surface area contributed by atoms with Crippen LogP contribution >= 0.6 is 34.5 Å². The van der Waals surface area contributed by atoms with Crippen molar-refractivity contribution in [1.29, 1.82) is 0 Å². The number of aryl methyl sites for hydroxylation is 1. The van der Waals surface area contributed by atoms with Crippen LogP contribution < -0.4 is 4.74 Å². The topological polar surface area (TPSA) is 39.9 Å². The number of hydrogen-bond acceptors (Lipinski definition) is 4. The van der Waals surface area contributed by atoms with Gasteiger partial charge in [0.2, 0.25) is 0 Å². The second-order valence-electron chi connectivity index (χ2n) is 2.96. The Hall–Kier alpha value is -0.780. The van der Waals surface area contributed by atoms with Crippen molar-refractivity contribution < 1.29 is 4.74 Å². The van der Waals surface area contributed by atoms with Crippen molar-refractivity contribution in [3.8, 4) is 10.9 Å². The Labute approximate surface area is 107 Å². The predicted molar refractivity (Wildman–Crippen MR) is 64.7 cm³/mol. The molecule has 0 N–H and O–H groups in total. The predicted octanol–water partition coefficient (Wildman–Crippen LogP) is 3.54. The highest BCUT2D eigenvalue weighted by Gasteiger charge is 2.10. The zero-order chi connectivity index (χ0) is 11.5. The van der Waals surface area contributed by atoms with Crippen LogP contribution in [0.25, 0.3) is 0 Å². The lowest BCUT2D eigenvalue weighted by Gasteiger charge is -1.95. The molecule has 0 aliphatic heterocycles. The molecule has 16 heavy (non-hydrogen) atoms. The summed E-state index contributed by atoms with van der Waals surface area (Å²) in [5.74, 6) is 0.988. The third kappa shape index (κ3) is 2.48. The van der Waals surface area contributed by atoms with Crippen molar-refractivity contribution in [2.24, 2.45) is 0 Å². The average Bonchev–Trinajstić information content (AvgIpc) is 2.85. The van der Waals surface area contributed by atoms with Gasteiger partial charge in [-0.05, 0) is 6.92 Å². The molecule has 7 heteroatoms. The van der Waals surface area contributed by atoms with E-state index in [2.05, 4.69) is 10.1 Å². The molecule has 4 nitrogen and oxygen atoms in total. The highest BCUT2D eigenvalue weighted by Crippen LogP contribution is 2.32. The Bertz CT molecular complexity index is 483. The summed E-state index contributed by atoms with van der Waals surface area (Å²) < 4.78 is 7.28. The van der Waals surface area contributed by atoms with E-state index in [4.69, 9.17) is 27.9 Å². The van der Waals surface area contributed by atoms with Gasteiger partial charge >= 0.3 is 0 Å². The van der Waals surface area contributed by atoms with E-state index in [0.717, 1.165) is 11.4 Å². The zero-order valence-corrected chi connectivity index (χ0v) is 10.8. The Morgan fingerprint density at radius 2 is 2.38 bits per heavy atom. The van der Waals surface area contributed by atoms with Gasteiger partial charge in [-0.1, -0.05) is 22.9 Å². The lowest BCUT2D eigenvalue weighted by molar-refractivity contribution is 0.477. The molecule has 0 saturated carbocycles. The minimum Gasteiger partial charge on any atom is -0.427 e. The first-order valence-corrected chi connectivity index (χ1v) is 6.37. The summed E-state index contributed by atoms with van der Waals surface area (Å²) in [5, 5.41) is 4.97. The van der Waals surface area contributed by atoms with Crippen LogP contribution in [0.4, 0.5) is 0 Å². The van der Waals surface area contributed by atoms with Gasteiger partial charge in [0.1, 0.15) is 5.15 Å². The lowest BCUT2D eigenvalue weighted by Crippen LogP contribution is -1.92. The molecule has 0 atom stereocenters. The molecular weight excluding hydrogens is 269 g/mol. The van der Waals surface area contributed by atoms with Gasteiger partial charge < -0.3 is 4.74 Å². The molecule has 0 bridgehead atoms. The van der Waals surface area contributed by atoms with E-state index < -0.39 is 0 Å². The summed E-state index contributed by atoms with van der Waals surface area (Å²) in [5.41, 5.74) is 0. The minimum absolute atomic E-state index is 0.341. The number of halogens is 2. The fraction of sp³-hybridized carbons (Fsp3) is 0.333. The van der Waals surface area contributed by atoms with Crippen molar-refractivity contribution in [2.45, 2.75) is 19.3 Å². The molecule has 2 heterocycles. The van der Waals surface area contributed by atoms with Gasteiger partial charge in [-0.25, -0.2) is 0 Å². The van der Waals surface area contributed by atoms with Gasteiger partial charge in [0.05, 0.1) is 23.2 Å². The fourth-order valence-electron chi connectivity index (χ4n) is 1.11. The molecule has 0 aliphatic carbocycles. The number of hydrogen-bond donors (Lipinski definition) is 0. The second-order valence-corrected chi connectivity index (χ2v) is 4.63. The minimum atomic E-state index is 0.341. The van der Waals surface area contributed by atoms with E-state index in [1.54, 1.807) is 17.1 Å². The highest BCUT2D eigenvalue weighted by molar-refractivity contribution is 7.14. The number of rotatable bonds is 4. The summed E-state index contributed by atoms with van der Waals surface area (Å²) in [4.78, 5) is 4.86. The fourth-order valence-corrected chi connectivity index (χ4v) is 2.45. The van der Waals surface area contributed by atoms with Gasteiger partial charge in [-0.2, -0.15) is 10.1 Å². The Balaban J connectivity index is 2.13. The van der Waals surface area contributed by atoms with Crippen LogP contribution in [0.1, 0.15) is 11.8 Å². The van der Waals surface area contributed by atoms with Crippen LogP contribution in [-0.2, 0) is 12.4 Å². The van der Waals surface area contributed by atoms with Crippen molar-refractivity contribution in [2.75, 3.05) is 0 Å². The lowest BCUT2D eigenvalue weighted by atomic mass is 10.6. The van der Waals surface area contributed by atoms with E-state index in [-0.39, 0.29) is 0 Å². The van der Waals surface area contributed by atoms with Crippen molar-refractivity contribution in [3.63, 3.8) is 0 Å². The molecule has 0 fully saturated rings. The van der Waals surface area contributed by atoms with E-state index in [1.165, 1.54) is 11.3 Å². The zero-order valence-electron chi connectivity index (χ0n) is 8.48. The smallest absolute Gasteiger partial charge is 0.280 e. The molecule has 2 rings (SSSR count). The van der Waals surface area contributed by atoms with E-state index in [0.29, 0.717) is 22.0 Å². The van der Waals surface area contributed by atoms with E-state index >= 15 is 0 Å². The van der Waals surface area contributed by atoms with Crippen LogP contribution in [0.3, 0.4) is 0 Å². The molecule has 0 aromatic carbocycles. The summed E-state index contributed by atoms with van der Waals surface area (Å²) in [7, 11) is 0. The van der Waals surface area contributed by atoms with Crippen LogP contribution in [0.5, 0.6) is 10.9 Å². The number of alkyl halides is 1. The largest absolute Gasteiger partial charge is 0.427 e. The summed E-state index contributed by atoms with van der Waals surface area (Å²) in [6, 6.07) is 0. The summed E-state index contributed by atoms with van der Waals surface area (Å²) in [6.45, 7) is 2.80. The van der Waals surface area contributed by atoms with Crippen molar-refractivity contribution >= 4 is 34.5 Å². The Morgan fingerprint density at radius 1 is 1.56 bits per heavy atom. The quantitative estimate of drug-likeness (QED) is 0.803. The molecule has 0 amide bonds. The standard InChI is InChI=1S/C9H9Cl2N3OS/c1-2-14-5-6(4-12-14)15-9-13-8(11)7(3-10)16-9/h4-5H,2-3H2,1H3. The maximum absolute atomic E-state index is 5.86. The summed E-state index contributed by atoms with van der Waals surface area (Å²) in [6.07, 6.45) is 3.44. The third-order valence-electron chi connectivity index (χ3n) is 1.89. The highest BCUT2D eigenvalue weighted by atomic mass is 35.5. The first-order chi connectivity index (χ1) is 7.72. The Morgan fingerprint density at radius 3 is 2.94 bits per heavy atom. The first kappa shape index (κ1) is 11.7. The maximum atomic E-state index is 5.86. The van der Waals surface area contributed by atoms with E-state index in [9.17, 15) is 0 Å². The van der Waals surface area contributed by atoms with Gasteiger partial charge in [0, 0.05) is 6.54 Å². The van der Waals surface area contributed by atoms with Crippen LogP contribution in [0.15, 0.2) is 12.4 Å². The molecule has 0 radical (unpaired) electrons. The number of aromatic nitrogens is 3. The third-order valence-corrected chi connectivity index (χ3v) is 3.67. The molecule has 86 valence electrons. The monoisotopic (exact) mass is 277 g/mol. The molecule has 0 unspecified atom stereocenters. The van der Waals surface area contributed by atoms with Gasteiger partial charge in [0.15, 0.2) is 5.75 Å². The molecule has 2 aromatic rings. The summed E-state index contributed by atoms with van der Waals surface area (Å²) >= 11 is 12.9. The molecular formula is C9H9Cl2N3OS. The molecule has 0 saturated heterocycles. The average molecular weight is 278 g/mol. The van der Waals surface area contributed by atoms with Crippen molar-refractivity contribution in [3.05, 3.63) is 22.4 Å². The number of nitrogens with zero attached hydrogens (tertiary/aromatic N) is 3. The number of thiazole rings is 1. The maximum Gasteiger partial charge on any atom is 0.280 e. The SMILES string of the molecule is CCn1cc(Oc2nc(Cl)c(CCl)s2)cn1. The first-order valence-electron chi connectivity index (χ1n) is 4.64. The van der Waals surface area contributed by atoms with Gasteiger partial charge in [-0.3, -0.25) is 4.68 Å². The Kier molecular flexibility index (Phi) is 3.68. The van der Waals surface area contributed by atoms with Crippen LogP contribution in [0, 0.1) is 0 Å². The van der Waals surface area contributed by atoms with Crippen LogP contribution in [0.2, 0.25) is 5.15 Å². The van der Waals surface area contributed by atoms with Gasteiger partial charge in [0.25, 0.3) is 5.19 Å². The second kappa shape index (κ2) is 5.03. The van der Waals surface area contributed by atoms with E-state index in [1.807, 2.05) is 6.92 Å². The molecule has 2 aromatic heterocycles. The molecule has 0 aliphatic rings. The van der Waals surface area contributed by atoms with Crippen LogP contribution in [-0.4, -0.2) is 14.8 Å².